The Morgan fingerprint density at radius 3 is 2.69 bits per heavy atom. The molecule has 9 heteroatoms. The number of nitro groups is 1. The van der Waals surface area contributed by atoms with Crippen molar-refractivity contribution in [2.45, 2.75) is 6.61 Å². The van der Waals surface area contributed by atoms with Crippen molar-refractivity contribution in [2.75, 3.05) is 26.1 Å². The van der Waals surface area contributed by atoms with E-state index in [2.05, 4.69) is 4.98 Å². The average molecular weight is 413 g/mol. The van der Waals surface area contributed by atoms with Crippen molar-refractivity contribution in [1.82, 2.24) is 4.98 Å². The Labute approximate surface area is 171 Å². The molecule has 0 aliphatic heterocycles. The van der Waals surface area contributed by atoms with Gasteiger partial charge in [-0.25, -0.2) is 9.78 Å². The van der Waals surface area contributed by atoms with Gasteiger partial charge in [-0.3, -0.25) is 10.1 Å². The lowest BCUT2D eigenvalue weighted by Crippen LogP contribution is -2.16. The predicted octanol–water partition coefficient (Wildman–Crippen LogP) is 4.15. The number of hydrogen-bond acceptors (Lipinski definition) is 8. The molecule has 29 heavy (non-hydrogen) atoms. The third-order valence-corrected chi connectivity index (χ3v) is 5.06. The number of para-hydroxylation sites is 1. The molecular formula is C20H19N3O5S. The van der Waals surface area contributed by atoms with Crippen molar-refractivity contribution >= 4 is 28.7 Å². The molecule has 0 fully saturated rings. The first kappa shape index (κ1) is 20.3. The van der Waals surface area contributed by atoms with Crippen LogP contribution < -0.4 is 9.64 Å². The van der Waals surface area contributed by atoms with E-state index in [1.54, 1.807) is 31.5 Å². The van der Waals surface area contributed by atoms with E-state index in [0.29, 0.717) is 17.1 Å². The Kier molecular flexibility index (Phi) is 6.08. The van der Waals surface area contributed by atoms with Gasteiger partial charge in [-0.1, -0.05) is 12.1 Å². The molecule has 0 saturated carbocycles. The van der Waals surface area contributed by atoms with E-state index in [9.17, 15) is 14.9 Å². The van der Waals surface area contributed by atoms with E-state index < -0.39 is 10.9 Å². The van der Waals surface area contributed by atoms with Gasteiger partial charge in [-0.15, -0.1) is 11.3 Å². The largest absolute Gasteiger partial charge is 0.496 e. The first-order valence-electron chi connectivity index (χ1n) is 8.61. The van der Waals surface area contributed by atoms with Crippen molar-refractivity contribution < 1.29 is 19.2 Å². The highest BCUT2D eigenvalue weighted by Gasteiger charge is 2.20. The van der Waals surface area contributed by atoms with E-state index >= 15 is 0 Å². The van der Waals surface area contributed by atoms with Gasteiger partial charge >= 0.3 is 5.97 Å². The number of thiazole rings is 1. The van der Waals surface area contributed by atoms with Gasteiger partial charge in [-0.2, -0.15) is 0 Å². The lowest BCUT2D eigenvalue weighted by atomic mass is 10.1. The fourth-order valence-electron chi connectivity index (χ4n) is 2.73. The quantitative estimate of drug-likeness (QED) is 0.326. The molecule has 0 unspecified atom stereocenters. The fraction of sp³-hybridized carbons (Fsp3) is 0.200. The van der Waals surface area contributed by atoms with Crippen LogP contribution in [0, 0.1) is 10.1 Å². The molecule has 0 bridgehead atoms. The van der Waals surface area contributed by atoms with Crippen molar-refractivity contribution in [2.24, 2.45) is 0 Å². The number of anilines is 1. The lowest BCUT2D eigenvalue weighted by molar-refractivity contribution is -0.384. The van der Waals surface area contributed by atoms with E-state index in [4.69, 9.17) is 9.47 Å². The summed E-state index contributed by atoms with van der Waals surface area (Å²) < 4.78 is 10.7. The summed E-state index contributed by atoms with van der Waals surface area (Å²) in [6.07, 6.45) is 0. The second kappa shape index (κ2) is 8.70. The van der Waals surface area contributed by atoms with Gasteiger partial charge in [0.05, 0.1) is 34.5 Å². The second-order valence-electron chi connectivity index (χ2n) is 6.27. The van der Waals surface area contributed by atoms with Crippen LogP contribution in [0.25, 0.3) is 10.6 Å². The average Bonchev–Trinajstić information content (AvgIpc) is 3.20. The van der Waals surface area contributed by atoms with Crippen LogP contribution in [0.15, 0.2) is 47.8 Å². The topological polar surface area (TPSA) is 94.8 Å². The van der Waals surface area contributed by atoms with Crippen LogP contribution in [-0.4, -0.2) is 37.1 Å². The molecular weight excluding hydrogens is 394 g/mol. The highest BCUT2D eigenvalue weighted by atomic mass is 32.1. The van der Waals surface area contributed by atoms with Gasteiger partial charge in [0, 0.05) is 31.6 Å². The Balaban J connectivity index is 1.77. The third kappa shape index (κ3) is 4.52. The fourth-order valence-corrected chi connectivity index (χ4v) is 3.56. The second-order valence-corrected chi connectivity index (χ2v) is 7.13. The van der Waals surface area contributed by atoms with E-state index in [0.717, 1.165) is 10.6 Å². The van der Waals surface area contributed by atoms with E-state index in [-0.39, 0.29) is 17.9 Å². The van der Waals surface area contributed by atoms with Crippen molar-refractivity contribution in [3.63, 3.8) is 0 Å². The number of esters is 1. The first-order chi connectivity index (χ1) is 13.9. The van der Waals surface area contributed by atoms with Crippen LogP contribution in [0.1, 0.15) is 16.1 Å². The summed E-state index contributed by atoms with van der Waals surface area (Å²) >= 11 is 1.41. The maximum Gasteiger partial charge on any atom is 0.340 e. The van der Waals surface area contributed by atoms with Crippen LogP contribution in [-0.2, 0) is 11.3 Å². The predicted molar refractivity (Wildman–Crippen MR) is 111 cm³/mol. The van der Waals surface area contributed by atoms with Gasteiger partial charge in [0.15, 0.2) is 0 Å². The van der Waals surface area contributed by atoms with E-state index in [1.165, 1.54) is 29.5 Å². The maximum atomic E-state index is 12.6. The van der Waals surface area contributed by atoms with Crippen LogP contribution >= 0.6 is 11.3 Å². The molecule has 0 N–H and O–H groups in total. The number of benzene rings is 2. The van der Waals surface area contributed by atoms with Gasteiger partial charge in [0.2, 0.25) is 0 Å². The van der Waals surface area contributed by atoms with Gasteiger partial charge < -0.3 is 14.4 Å². The SMILES string of the molecule is COc1ccccc1-c1nc(COC(=O)c2cc([N+](=O)[O-])ccc2N(C)C)cs1. The molecule has 8 nitrogen and oxygen atoms in total. The molecule has 0 atom stereocenters. The van der Waals surface area contributed by atoms with E-state index in [1.807, 2.05) is 24.3 Å². The Hall–Kier alpha value is -3.46. The third-order valence-electron chi connectivity index (χ3n) is 4.13. The molecule has 0 aliphatic rings. The number of methoxy groups -OCH3 is 1. The molecule has 3 aromatic rings. The monoisotopic (exact) mass is 413 g/mol. The van der Waals surface area contributed by atoms with Gasteiger partial charge in [0.1, 0.15) is 17.4 Å². The summed E-state index contributed by atoms with van der Waals surface area (Å²) in [5.41, 5.74) is 1.93. The number of aromatic nitrogens is 1. The number of carbonyl (C=O) groups is 1. The summed E-state index contributed by atoms with van der Waals surface area (Å²) in [5.74, 6) is 0.0573. The Morgan fingerprint density at radius 1 is 1.24 bits per heavy atom. The zero-order valence-electron chi connectivity index (χ0n) is 16.1. The van der Waals surface area contributed by atoms with Crippen molar-refractivity contribution in [1.29, 1.82) is 0 Å². The van der Waals surface area contributed by atoms with Crippen LogP contribution in [0.5, 0.6) is 5.75 Å². The zero-order chi connectivity index (χ0) is 21.0. The smallest absolute Gasteiger partial charge is 0.340 e. The molecule has 0 saturated heterocycles. The number of nitrogens with zero attached hydrogens (tertiary/aromatic N) is 3. The highest BCUT2D eigenvalue weighted by molar-refractivity contribution is 7.13. The molecule has 0 spiro atoms. The number of carbonyl (C=O) groups excluding carboxylic acids is 1. The number of rotatable bonds is 7. The summed E-state index contributed by atoms with van der Waals surface area (Å²) in [6.45, 7) is -0.0416. The van der Waals surface area contributed by atoms with Crippen LogP contribution in [0.4, 0.5) is 11.4 Å². The minimum Gasteiger partial charge on any atom is -0.496 e. The minimum absolute atomic E-state index is 0.0416. The lowest BCUT2D eigenvalue weighted by Gasteiger charge is -2.16. The van der Waals surface area contributed by atoms with Crippen LogP contribution in [0.2, 0.25) is 0 Å². The summed E-state index contributed by atoms with van der Waals surface area (Å²) in [4.78, 5) is 29.3. The van der Waals surface area contributed by atoms with Crippen LogP contribution in [0.3, 0.4) is 0 Å². The molecule has 0 aliphatic carbocycles. The Bertz CT molecular complexity index is 1050. The zero-order valence-corrected chi connectivity index (χ0v) is 16.9. The van der Waals surface area contributed by atoms with Gasteiger partial charge in [0.25, 0.3) is 5.69 Å². The summed E-state index contributed by atoms with van der Waals surface area (Å²) in [6, 6.07) is 11.6. The summed E-state index contributed by atoms with van der Waals surface area (Å²) in [7, 11) is 5.09. The van der Waals surface area contributed by atoms with Crippen molar-refractivity contribution in [3.8, 4) is 16.3 Å². The van der Waals surface area contributed by atoms with Gasteiger partial charge in [-0.05, 0) is 18.2 Å². The molecule has 1 aromatic heterocycles. The number of nitro benzene ring substituents is 1. The molecule has 1 heterocycles. The number of ether oxygens (including phenoxy) is 2. The molecule has 0 radical (unpaired) electrons. The highest BCUT2D eigenvalue weighted by Crippen LogP contribution is 2.32. The summed E-state index contributed by atoms with van der Waals surface area (Å²) in [5, 5.41) is 13.6. The molecule has 0 amide bonds. The number of hydrogen-bond donors (Lipinski definition) is 0. The first-order valence-corrected chi connectivity index (χ1v) is 9.49. The van der Waals surface area contributed by atoms with Crippen molar-refractivity contribution in [3.05, 3.63) is 69.2 Å². The molecule has 2 aromatic carbocycles. The maximum absolute atomic E-state index is 12.6. The standard InChI is InChI=1S/C20H19N3O5S/c1-22(2)17-9-8-14(23(25)26)10-16(17)20(24)28-11-13-12-29-19(21-13)15-6-4-5-7-18(15)27-3/h4-10,12H,11H2,1-3H3. The molecule has 3 rings (SSSR count). The molecule has 150 valence electrons. The Morgan fingerprint density at radius 2 is 2.00 bits per heavy atom. The minimum atomic E-state index is -0.649. The number of non-ortho nitro benzene ring substituents is 1. The normalized spacial score (nSPS) is 10.4.